The van der Waals surface area contributed by atoms with E-state index in [9.17, 15) is 9.59 Å². The number of esters is 1. The van der Waals surface area contributed by atoms with E-state index in [1.165, 1.54) is 4.57 Å². The van der Waals surface area contributed by atoms with Gasteiger partial charge in [-0.15, -0.1) is 0 Å². The minimum Gasteiger partial charge on any atom is -0.497 e. The molecule has 0 bridgehead atoms. The van der Waals surface area contributed by atoms with Gasteiger partial charge in [0.05, 0.1) is 18.5 Å². The van der Waals surface area contributed by atoms with Crippen LogP contribution in [-0.2, 0) is 20.7 Å². The van der Waals surface area contributed by atoms with Crippen molar-refractivity contribution < 1.29 is 23.8 Å². The summed E-state index contributed by atoms with van der Waals surface area (Å²) in [6.07, 6.45) is 2.72. The highest BCUT2D eigenvalue weighted by atomic mass is 16.7. The van der Waals surface area contributed by atoms with Crippen molar-refractivity contribution in [2.45, 2.75) is 12.8 Å². The van der Waals surface area contributed by atoms with Gasteiger partial charge in [-0.3, -0.25) is 9.36 Å². The molecule has 1 atom stereocenters. The Labute approximate surface area is 164 Å². The van der Waals surface area contributed by atoms with E-state index in [0.29, 0.717) is 17.8 Å². The maximum atomic E-state index is 12.6. The van der Waals surface area contributed by atoms with Gasteiger partial charge in [-0.25, -0.2) is 4.79 Å². The molecule has 1 unspecified atom stereocenters. The van der Waals surface area contributed by atoms with Crippen LogP contribution in [0.2, 0.25) is 0 Å². The van der Waals surface area contributed by atoms with Crippen molar-refractivity contribution in [2.75, 3.05) is 47.6 Å². The van der Waals surface area contributed by atoms with E-state index < -0.39 is 12.9 Å². The Bertz CT molecular complexity index is 840. The van der Waals surface area contributed by atoms with Gasteiger partial charge >= 0.3 is 12.1 Å². The fourth-order valence-corrected chi connectivity index (χ4v) is 3.28. The molecule has 0 saturated carbocycles. The molecular formula is C20H27N3O5. The van der Waals surface area contributed by atoms with Gasteiger partial charge < -0.3 is 24.4 Å². The van der Waals surface area contributed by atoms with Gasteiger partial charge in [0.15, 0.2) is 0 Å². The fourth-order valence-electron chi connectivity index (χ4n) is 3.28. The van der Waals surface area contributed by atoms with E-state index in [-0.39, 0.29) is 11.9 Å². The summed E-state index contributed by atoms with van der Waals surface area (Å²) >= 11 is 0. The first-order valence-electron chi connectivity index (χ1n) is 9.36. The lowest BCUT2D eigenvalue weighted by atomic mass is 10.1. The number of benzene rings is 1. The third kappa shape index (κ3) is 4.63. The van der Waals surface area contributed by atoms with Crippen molar-refractivity contribution in [3.63, 3.8) is 0 Å². The minimum absolute atomic E-state index is 0.173. The van der Waals surface area contributed by atoms with Crippen molar-refractivity contribution in [3.8, 4) is 5.75 Å². The zero-order valence-corrected chi connectivity index (χ0v) is 16.6. The van der Waals surface area contributed by atoms with Crippen molar-refractivity contribution in [1.29, 1.82) is 0 Å². The van der Waals surface area contributed by atoms with Gasteiger partial charge in [0.25, 0.3) is 0 Å². The highest BCUT2D eigenvalue weighted by Gasteiger charge is 2.24. The number of carbonyl (C=O) groups excluding carboxylic acids is 2. The zero-order valence-electron chi connectivity index (χ0n) is 16.6. The average Bonchev–Trinajstić information content (AvgIpc) is 3.34. The Balaban J connectivity index is 1.72. The number of methoxy groups -OCH3 is 1. The summed E-state index contributed by atoms with van der Waals surface area (Å²) in [5, 5.41) is 4.07. The number of hydrogen-bond acceptors (Lipinski definition) is 7. The number of rotatable bonds is 7. The fraction of sp³-hybridized carbons (Fsp3) is 0.500. The molecule has 1 aliphatic heterocycles. The van der Waals surface area contributed by atoms with Gasteiger partial charge in [-0.05, 0) is 51.2 Å². The zero-order chi connectivity index (χ0) is 20.1. The van der Waals surface area contributed by atoms with Crippen molar-refractivity contribution in [2.24, 2.45) is 5.92 Å². The number of likely N-dealkylation sites (N-methyl/N-ethyl adjacent to an activating group) is 1. The van der Waals surface area contributed by atoms with Crippen LogP contribution in [0.5, 0.6) is 5.75 Å². The molecule has 1 aliphatic rings. The topological polar surface area (TPSA) is 82.0 Å². The Morgan fingerprint density at radius 1 is 1.29 bits per heavy atom. The summed E-state index contributed by atoms with van der Waals surface area (Å²) in [6, 6.07) is 5.61. The molecule has 1 aromatic carbocycles. The molecule has 1 saturated heterocycles. The normalized spacial score (nSPS) is 16.5. The van der Waals surface area contributed by atoms with Crippen LogP contribution < -0.4 is 10.1 Å². The number of aromatic nitrogens is 1. The van der Waals surface area contributed by atoms with Crippen LogP contribution in [0, 0.1) is 5.92 Å². The minimum atomic E-state index is -0.591. The Hall–Kier alpha value is -2.58. The molecule has 8 nitrogen and oxygen atoms in total. The molecule has 3 rings (SSSR count). The smallest absolute Gasteiger partial charge is 0.421 e. The third-order valence-electron chi connectivity index (χ3n) is 4.90. The molecule has 0 amide bonds. The molecular weight excluding hydrogens is 362 g/mol. The molecule has 0 spiro atoms. The first kappa shape index (κ1) is 20.2. The number of nitrogens with one attached hydrogen (secondary N) is 1. The first-order chi connectivity index (χ1) is 13.5. The molecule has 0 aliphatic carbocycles. The quantitative estimate of drug-likeness (QED) is 0.572. The summed E-state index contributed by atoms with van der Waals surface area (Å²) in [7, 11) is 5.59. The Kier molecular flexibility index (Phi) is 6.53. The van der Waals surface area contributed by atoms with E-state index in [4.69, 9.17) is 14.2 Å². The molecule has 0 radical (unpaired) electrons. The summed E-state index contributed by atoms with van der Waals surface area (Å²) in [5.41, 5.74) is 1.74. The average molecular weight is 389 g/mol. The standard InChI is InChI=1S/C20H27N3O5/c1-22(2)9-7-15-12-23(18-10-16(26-3)4-5-17(15)18)20(25)28-13-27-19(24)14-6-8-21-11-14/h4-5,10,12,14,21H,6-9,11,13H2,1-3H3. The molecule has 1 aromatic heterocycles. The predicted octanol–water partition coefficient (Wildman–Crippen LogP) is 1.85. The highest BCUT2D eigenvalue weighted by molar-refractivity contribution is 5.92. The summed E-state index contributed by atoms with van der Waals surface area (Å²) in [6.45, 7) is 1.86. The number of hydrogen-bond donors (Lipinski definition) is 1. The monoisotopic (exact) mass is 389 g/mol. The van der Waals surface area contributed by atoms with Gasteiger partial charge in [-0.1, -0.05) is 0 Å². The van der Waals surface area contributed by atoms with Crippen molar-refractivity contribution >= 4 is 23.0 Å². The van der Waals surface area contributed by atoms with Crippen LogP contribution >= 0.6 is 0 Å². The first-order valence-corrected chi connectivity index (χ1v) is 9.36. The van der Waals surface area contributed by atoms with Gasteiger partial charge in [0, 0.05) is 30.7 Å². The lowest BCUT2D eigenvalue weighted by Crippen LogP contribution is -2.23. The van der Waals surface area contributed by atoms with Gasteiger partial charge in [0.2, 0.25) is 6.79 Å². The van der Waals surface area contributed by atoms with Crippen molar-refractivity contribution in [3.05, 3.63) is 30.0 Å². The van der Waals surface area contributed by atoms with Gasteiger partial charge in [0.1, 0.15) is 5.75 Å². The van der Waals surface area contributed by atoms with Crippen molar-refractivity contribution in [1.82, 2.24) is 14.8 Å². The summed E-state index contributed by atoms with van der Waals surface area (Å²) in [5.74, 6) is 0.135. The second kappa shape index (κ2) is 9.07. The molecule has 1 N–H and O–H groups in total. The predicted molar refractivity (Wildman–Crippen MR) is 105 cm³/mol. The molecule has 28 heavy (non-hydrogen) atoms. The maximum absolute atomic E-state index is 12.6. The van der Waals surface area contributed by atoms with E-state index in [1.54, 1.807) is 19.4 Å². The highest BCUT2D eigenvalue weighted by Crippen LogP contribution is 2.26. The number of nitrogens with zero attached hydrogens (tertiary/aromatic N) is 2. The van der Waals surface area contributed by atoms with Gasteiger partial charge in [-0.2, -0.15) is 0 Å². The number of carbonyl (C=O) groups is 2. The molecule has 2 aromatic rings. The Morgan fingerprint density at radius 3 is 2.79 bits per heavy atom. The SMILES string of the molecule is COc1ccc2c(CCN(C)C)cn(C(=O)OCOC(=O)C3CCNC3)c2c1. The molecule has 2 heterocycles. The van der Waals surface area contributed by atoms with Crippen LogP contribution in [0.25, 0.3) is 10.9 Å². The van der Waals surface area contributed by atoms with E-state index in [1.807, 2.05) is 26.2 Å². The largest absolute Gasteiger partial charge is 0.497 e. The molecule has 8 heteroatoms. The number of ether oxygens (including phenoxy) is 3. The third-order valence-corrected chi connectivity index (χ3v) is 4.90. The van der Waals surface area contributed by atoms with Crippen LogP contribution in [-0.4, -0.2) is 69.2 Å². The number of fused-ring (bicyclic) bond motifs is 1. The van der Waals surface area contributed by atoms with Crippen LogP contribution in [0.4, 0.5) is 4.79 Å². The van der Waals surface area contributed by atoms with Crippen LogP contribution in [0.3, 0.4) is 0 Å². The lowest BCUT2D eigenvalue weighted by molar-refractivity contribution is -0.156. The second-order valence-electron chi connectivity index (χ2n) is 7.14. The Morgan fingerprint density at radius 2 is 2.11 bits per heavy atom. The van der Waals surface area contributed by atoms with E-state index in [0.717, 1.165) is 36.9 Å². The van der Waals surface area contributed by atoms with E-state index in [2.05, 4.69) is 10.2 Å². The maximum Gasteiger partial charge on any atom is 0.421 e. The van der Waals surface area contributed by atoms with Crippen LogP contribution in [0.15, 0.2) is 24.4 Å². The summed E-state index contributed by atoms with van der Waals surface area (Å²) < 4.78 is 17.0. The van der Waals surface area contributed by atoms with E-state index >= 15 is 0 Å². The summed E-state index contributed by atoms with van der Waals surface area (Å²) in [4.78, 5) is 26.6. The molecule has 152 valence electrons. The second-order valence-corrected chi connectivity index (χ2v) is 7.14. The molecule has 1 fully saturated rings. The van der Waals surface area contributed by atoms with Crippen LogP contribution in [0.1, 0.15) is 12.0 Å². The lowest BCUT2D eigenvalue weighted by Gasteiger charge is -2.10.